The molecule has 7 fully saturated rings. The first kappa shape index (κ1) is 71.8. The summed E-state index contributed by atoms with van der Waals surface area (Å²) in [6.07, 6.45) is 22.8. The second kappa shape index (κ2) is 39.0. The Bertz CT molecular complexity index is 2400. The molecular weight excluding hydrogens is 1210 g/mol. The van der Waals surface area contributed by atoms with Gasteiger partial charge in [0.05, 0.1) is 24.2 Å². The number of aromatic nitrogens is 3. The first-order valence-corrected chi connectivity index (χ1v) is 37.1. The molecule has 7 aliphatic rings. The highest BCUT2D eigenvalue weighted by molar-refractivity contribution is 8.00. The molecule has 1 aromatic rings. The summed E-state index contributed by atoms with van der Waals surface area (Å²) in [5.41, 5.74) is 0. The van der Waals surface area contributed by atoms with Crippen molar-refractivity contribution >= 4 is 94.8 Å². The predicted octanol–water partition coefficient (Wildman–Crippen LogP) is 4.30. The van der Waals surface area contributed by atoms with Crippen molar-refractivity contribution in [2.24, 2.45) is 0 Å². The molecule has 7 aliphatic heterocycles. The Labute approximate surface area is 552 Å². The van der Waals surface area contributed by atoms with Gasteiger partial charge in [0.2, 0.25) is 59.2 Å². The van der Waals surface area contributed by atoms with E-state index in [-0.39, 0.29) is 95.7 Å². The molecule has 0 aliphatic carbocycles. The molecule has 0 radical (unpaired) electrons. The molecule has 92 heavy (non-hydrogen) atoms. The van der Waals surface area contributed by atoms with Gasteiger partial charge in [-0.15, -0.1) is 0 Å². The number of hydrogen-bond donors (Lipinski definition) is 11. The van der Waals surface area contributed by atoms with E-state index in [4.69, 9.17) is 15.0 Å². The van der Waals surface area contributed by atoms with E-state index in [2.05, 4.69) is 73.2 Å². The molecule has 0 bridgehead atoms. The maximum Gasteiger partial charge on any atom is 0.315 e. The molecule has 1 aromatic heterocycles. The highest BCUT2D eigenvalue weighted by Gasteiger charge is 2.44. The zero-order chi connectivity index (χ0) is 64.9. The van der Waals surface area contributed by atoms with Crippen molar-refractivity contribution in [2.45, 2.75) is 252 Å². The summed E-state index contributed by atoms with van der Waals surface area (Å²) in [7, 11) is 0. The Morgan fingerprint density at radius 1 is 0.391 bits per heavy atom. The fourth-order valence-electron chi connectivity index (χ4n) is 13.5. The van der Waals surface area contributed by atoms with Crippen LogP contribution in [0.25, 0.3) is 0 Å². The van der Waals surface area contributed by atoms with Gasteiger partial charge in [0.1, 0.15) is 0 Å². The van der Waals surface area contributed by atoms with E-state index in [1.165, 1.54) is 0 Å². The Hall–Kier alpha value is -6.06. The molecule has 7 saturated heterocycles. The molecule has 8 rings (SSSR count). The number of urea groups is 2. The summed E-state index contributed by atoms with van der Waals surface area (Å²) >= 11 is 3.80. The van der Waals surface area contributed by atoms with Crippen LogP contribution in [0.1, 0.15) is 200 Å². The zero-order valence-corrected chi connectivity index (χ0v) is 56.2. The molecule has 11 N–H and O–H groups in total. The number of piperidine rings is 3. The average Bonchev–Trinajstić information content (AvgIpc) is 1.50. The zero-order valence-electron chi connectivity index (χ0n) is 54.6. The van der Waals surface area contributed by atoms with Crippen LogP contribution >= 0.6 is 23.5 Å². The van der Waals surface area contributed by atoms with Gasteiger partial charge in [-0.3, -0.25) is 33.6 Å². The van der Waals surface area contributed by atoms with Crippen molar-refractivity contribution < 1.29 is 43.2 Å². The van der Waals surface area contributed by atoms with Gasteiger partial charge in [-0.25, -0.2) is 9.59 Å². The fraction of sp³-hybridized carbons (Fsp3) is 0.812. The predicted molar refractivity (Wildman–Crippen MR) is 359 cm³/mol. The summed E-state index contributed by atoms with van der Waals surface area (Å²) < 4.78 is 0. The van der Waals surface area contributed by atoms with Crippen LogP contribution in [0, 0.1) is 0 Å². The van der Waals surface area contributed by atoms with Crippen LogP contribution < -0.4 is 73.2 Å². The lowest BCUT2D eigenvalue weighted by Crippen LogP contribution is -2.47. The van der Waals surface area contributed by atoms with Gasteiger partial charge in [0.25, 0.3) is 0 Å². The Morgan fingerprint density at radius 3 is 1.00 bits per heavy atom. The SMILES string of the molecule is CC(=O)NC1CCN(c2nc(N3CCC(NC(=O)CCCCCNC(=O)CCCCCNC(=O)CCCCC4SCC5NC(=O)NC54)CC3)nc(N3CCC(NC(=O)CCCCCNC(=O)CCCCCNC(=O)CCCC[C@@H]4SCC5NC(=O)NC54)CC3)n2)CC1. The minimum Gasteiger partial charge on any atom is -0.356 e. The van der Waals surface area contributed by atoms with Gasteiger partial charge in [0.15, 0.2) is 0 Å². The lowest BCUT2D eigenvalue weighted by Gasteiger charge is -2.36. The maximum atomic E-state index is 13.0. The number of carbonyl (C=O) groups is 9. The number of nitrogens with one attached hydrogen (secondary N) is 11. The molecule has 0 spiro atoms. The number of hydrogen-bond acceptors (Lipinski definition) is 17. The quantitative estimate of drug-likeness (QED) is 0.0322. The number of thioether (sulfide) groups is 2. The van der Waals surface area contributed by atoms with Crippen LogP contribution in [0.15, 0.2) is 0 Å². The third-order valence-electron chi connectivity index (χ3n) is 18.8. The lowest BCUT2D eigenvalue weighted by atomic mass is 10.0. The first-order valence-electron chi connectivity index (χ1n) is 35.0. The molecule has 8 heterocycles. The highest BCUT2D eigenvalue weighted by atomic mass is 32.2. The van der Waals surface area contributed by atoms with Crippen molar-refractivity contribution in [3.63, 3.8) is 0 Å². The van der Waals surface area contributed by atoms with Gasteiger partial charge in [-0.2, -0.15) is 38.5 Å². The summed E-state index contributed by atoms with van der Waals surface area (Å²) in [4.78, 5) is 132. The van der Waals surface area contributed by atoms with Crippen molar-refractivity contribution in [3.8, 4) is 0 Å². The number of amides is 11. The largest absolute Gasteiger partial charge is 0.356 e. The molecule has 0 saturated carbocycles. The van der Waals surface area contributed by atoms with Crippen molar-refractivity contribution in [2.75, 3.05) is 91.7 Å². The molecule has 6 atom stereocenters. The first-order chi connectivity index (χ1) is 44.7. The summed E-state index contributed by atoms with van der Waals surface area (Å²) in [6.45, 7) is 8.07. The molecule has 26 nitrogen and oxygen atoms in total. The van der Waals surface area contributed by atoms with Crippen molar-refractivity contribution in [1.29, 1.82) is 0 Å². The Morgan fingerprint density at radius 2 is 0.685 bits per heavy atom. The lowest BCUT2D eigenvalue weighted by molar-refractivity contribution is -0.123. The Balaban J connectivity index is 0.627. The van der Waals surface area contributed by atoms with E-state index >= 15 is 0 Å². The van der Waals surface area contributed by atoms with Crippen LogP contribution in [0.3, 0.4) is 0 Å². The topological polar surface area (TPSA) is 334 Å². The number of nitrogens with zero attached hydrogens (tertiary/aromatic N) is 6. The van der Waals surface area contributed by atoms with Crippen LogP contribution in [-0.2, 0) is 33.6 Å². The number of rotatable bonds is 40. The van der Waals surface area contributed by atoms with E-state index in [0.717, 1.165) is 166 Å². The summed E-state index contributed by atoms with van der Waals surface area (Å²) in [6, 6.07) is 0.921. The number of anilines is 3. The number of fused-ring (bicyclic) bond motifs is 2. The van der Waals surface area contributed by atoms with Crippen LogP contribution in [0.2, 0.25) is 0 Å². The number of carbonyl (C=O) groups excluding carboxylic acids is 9. The van der Waals surface area contributed by atoms with Crippen LogP contribution in [-0.4, -0.2) is 198 Å². The van der Waals surface area contributed by atoms with Crippen molar-refractivity contribution in [3.05, 3.63) is 0 Å². The van der Waals surface area contributed by atoms with Gasteiger partial charge in [-0.05, 0) is 116 Å². The normalized spacial score (nSPS) is 22.3. The molecule has 28 heteroatoms. The maximum absolute atomic E-state index is 13.0. The summed E-state index contributed by atoms with van der Waals surface area (Å²) in [5.74, 6) is 4.00. The third kappa shape index (κ3) is 25.0. The standard InChI is InChI=1S/C64H107N17O9S2/c1-44(82)69-45-26-36-79(37-27-45)60-76-61(80-38-28-46(29-39-80)70-56(87)24-8-4-16-34-65-52(83)20-6-2-14-32-67-54(85)22-12-10-18-50-58-48(42-91-50)72-63(89)74-58)78-62(77-60)81-40-30-47(31-41-81)71-57(88)25-9-5-17-35-66-53(84)21-7-3-15-33-68-55(86)23-13-11-19-51-59-49(43-92-51)73-64(90)75-59/h45-51,58-59H,2-43H2,1H3,(H,65,83)(H,66,84)(H,67,85)(H,68,86)(H,69,82)(H,70,87)(H,71,88)(H2,72,74,89)(H2,73,75,90)/t48?,49?,50-,51?,58?,59?/m0/s1. The minimum atomic E-state index is -0.0708. The minimum absolute atomic E-state index is 0.0310. The Kier molecular flexibility index (Phi) is 30.4. The average molecular weight is 1320 g/mol. The second-order valence-electron chi connectivity index (χ2n) is 26.2. The number of unbranched alkanes of at least 4 members (excludes halogenated alkanes) is 10. The van der Waals surface area contributed by atoms with Gasteiger partial charge in [-0.1, -0.05) is 38.5 Å². The third-order valence-corrected chi connectivity index (χ3v) is 21.9. The molecule has 11 amide bonds. The molecule has 514 valence electrons. The van der Waals surface area contributed by atoms with Gasteiger partial charge < -0.3 is 73.2 Å². The van der Waals surface area contributed by atoms with E-state index in [1.807, 2.05) is 23.5 Å². The van der Waals surface area contributed by atoms with E-state index in [9.17, 15) is 43.2 Å². The second-order valence-corrected chi connectivity index (χ2v) is 28.8. The monoisotopic (exact) mass is 1320 g/mol. The van der Waals surface area contributed by atoms with E-state index < -0.39 is 0 Å². The smallest absolute Gasteiger partial charge is 0.315 e. The van der Waals surface area contributed by atoms with E-state index in [0.29, 0.717) is 132 Å². The molecule has 5 unspecified atom stereocenters. The highest BCUT2D eigenvalue weighted by Crippen LogP contribution is 2.35. The fourth-order valence-corrected chi connectivity index (χ4v) is 16.6. The van der Waals surface area contributed by atoms with Crippen LogP contribution in [0.4, 0.5) is 27.4 Å². The molecule has 0 aromatic carbocycles. The van der Waals surface area contributed by atoms with E-state index in [1.54, 1.807) is 6.92 Å². The van der Waals surface area contributed by atoms with Gasteiger partial charge in [0, 0.05) is 151 Å². The van der Waals surface area contributed by atoms with Crippen molar-refractivity contribution in [1.82, 2.24) is 73.4 Å². The summed E-state index contributed by atoms with van der Waals surface area (Å²) in [5, 5.41) is 34.4. The van der Waals surface area contributed by atoms with Gasteiger partial charge >= 0.3 is 12.1 Å². The molecular formula is C64H107N17O9S2. The van der Waals surface area contributed by atoms with Crippen LogP contribution in [0.5, 0.6) is 0 Å².